The molecule has 45 heavy (non-hydrogen) atoms. The van der Waals surface area contributed by atoms with Crippen LogP contribution in [-0.2, 0) is 0 Å². The van der Waals surface area contributed by atoms with Gasteiger partial charge in [-0.1, -0.05) is 97.1 Å². The van der Waals surface area contributed by atoms with E-state index in [1.165, 1.54) is 21.5 Å². The van der Waals surface area contributed by atoms with E-state index in [4.69, 9.17) is 9.40 Å². The van der Waals surface area contributed by atoms with Crippen LogP contribution >= 0.6 is 0 Å². The summed E-state index contributed by atoms with van der Waals surface area (Å²) in [4.78, 5) is 5.27. The molecular weight excluding hydrogens is 550 g/mol. The minimum atomic E-state index is 0.885. The molecule has 0 aliphatic heterocycles. The lowest BCUT2D eigenvalue weighted by molar-refractivity contribution is 0.669. The van der Waals surface area contributed by atoms with Crippen molar-refractivity contribution in [2.75, 3.05) is 0 Å². The Balaban J connectivity index is 1.23. The fourth-order valence-electron chi connectivity index (χ4n) is 7.21. The SMILES string of the molecule is c1cc(-c2ccc3c4ccccc4n(-c4cccc5oc6ccccc6c45)c3c2)nc(-n2c3ccccc3c3ccccc32)c1. The van der Waals surface area contributed by atoms with Crippen molar-refractivity contribution >= 4 is 65.6 Å². The number of hydrogen-bond acceptors (Lipinski definition) is 2. The van der Waals surface area contributed by atoms with Crippen molar-refractivity contribution in [1.29, 1.82) is 0 Å². The van der Waals surface area contributed by atoms with Gasteiger partial charge in [-0.15, -0.1) is 0 Å². The third-order valence-electron chi connectivity index (χ3n) is 9.13. The van der Waals surface area contributed by atoms with Gasteiger partial charge in [-0.2, -0.15) is 0 Å². The monoisotopic (exact) mass is 575 g/mol. The van der Waals surface area contributed by atoms with Crippen molar-refractivity contribution in [3.8, 4) is 22.8 Å². The first-order chi connectivity index (χ1) is 22.3. The summed E-state index contributed by atoms with van der Waals surface area (Å²) in [5.41, 5.74) is 9.48. The van der Waals surface area contributed by atoms with E-state index in [2.05, 4.69) is 149 Å². The van der Waals surface area contributed by atoms with Gasteiger partial charge in [0.05, 0.1) is 38.8 Å². The van der Waals surface area contributed by atoms with Gasteiger partial charge in [-0.05, 0) is 54.6 Å². The average molecular weight is 576 g/mol. The Morgan fingerprint density at radius 3 is 1.73 bits per heavy atom. The highest BCUT2D eigenvalue weighted by molar-refractivity contribution is 6.15. The fourth-order valence-corrected chi connectivity index (χ4v) is 7.21. The smallest absolute Gasteiger partial charge is 0.138 e. The summed E-state index contributed by atoms with van der Waals surface area (Å²) in [6, 6.07) is 53.4. The Morgan fingerprint density at radius 2 is 1.00 bits per heavy atom. The van der Waals surface area contributed by atoms with E-state index in [9.17, 15) is 0 Å². The van der Waals surface area contributed by atoms with E-state index in [0.717, 1.165) is 66.8 Å². The van der Waals surface area contributed by atoms with Crippen LogP contribution in [0.25, 0.3) is 88.3 Å². The fraction of sp³-hybridized carbons (Fsp3) is 0. The van der Waals surface area contributed by atoms with Crippen LogP contribution in [0, 0.1) is 0 Å². The van der Waals surface area contributed by atoms with Gasteiger partial charge in [-0.25, -0.2) is 4.98 Å². The quantitative estimate of drug-likeness (QED) is 0.210. The Morgan fingerprint density at radius 1 is 0.422 bits per heavy atom. The number of para-hydroxylation sites is 4. The van der Waals surface area contributed by atoms with E-state index in [1.807, 2.05) is 12.1 Å². The zero-order chi connectivity index (χ0) is 29.5. The second-order valence-electron chi connectivity index (χ2n) is 11.6. The minimum absolute atomic E-state index is 0.885. The lowest BCUT2D eigenvalue weighted by atomic mass is 10.1. The molecule has 10 aromatic rings. The number of benzene rings is 6. The second kappa shape index (κ2) is 9.18. The summed E-state index contributed by atoms with van der Waals surface area (Å²) in [5.74, 6) is 0.903. The Kier molecular flexibility index (Phi) is 4.96. The number of rotatable bonds is 3. The number of nitrogens with zero attached hydrogens (tertiary/aromatic N) is 3. The normalized spacial score (nSPS) is 12.0. The van der Waals surface area contributed by atoms with Crippen molar-refractivity contribution in [2.45, 2.75) is 0 Å². The molecule has 0 atom stereocenters. The molecule has 0 saturated heterocycles. The molecule has 0 radical (unpaired) electrons. The molecule has 0 bridgehead atoms. The van der Waals surface area contributed by atoms with Crippen molar-refractivity contribution in [3.63, 3.8) is 0 Å². The Bertz CT molecular complexity index is 2720. The predicted molar refractivity (Wildman–Crippen MR) is 186 cm³/mol. The van der Waals surface area contributed by atoms with Crippen molar-refractivity contribution < 1.29 is 4.42 Å². The molecule has 4 aromatic heterocycles. The highest BCUT2D eigenvalue weighted by Gasteiger charge is 2.19. The number of fused-ring (bicyclic) bond motifs is 9. The maximum atomic E-state index is 6.29. The maximum Gasteiger partial charge on any atom is 0.138 e. The standard InChI is InChI=1S/C41H25N3O/c1-5-16-33-29(13-1)30-24-23-26(25-37(30)43(33)36-19-10-21-39-41(36)31-14-4-8-20-38(31)45-39)32-15-9-22-40(42-32)44-34-17-6-2-11-27(34)28-12-3-7-18-35(28)44/h1-25H. The molecule has 4 heteroatoms. The van der Waals surface area contributed by atoms with E-state index < -0.39 is 0 Å². The zero-order valence-electron chi connectivity index (χ0n) is 24.2. The van der Waals surface area contributed by atoms with Crippen LogP contribution in [0.5, 0.6) is 0 Å². The van der Waals surface area contributed by atoms with Crippen molar-refractivity contribution in [1.82, 2.24) is 14.1 Å². The molecule has 0 amide bonds. The van der Waals surface area contributed by atoms with Gasteiger partial charge < -0.3 is 8.98 Å². The van der Waals surface area contributed by atoms with Gasteiger partial charge in [0, 0.05) is 32.5 Å². The summed E-state index contributed by atoms with van der Waals surface area (Å²) < 4.78 is 10.9. The summed E-state index contributed by atoms with van der Waals surface area (Å²) in [7, 11) is 0. The van der Waals surface area contributed by atoms with Gasteiger partial charge in [0.1, 0.15) is 17.0 Å². The number of pyridine rings is 1. The van der Waals surface area contributed by atoms with E-state index >= 15 is 0 Å². The van der Waals surface area contributed by atoms with Gasteiger partial charge in [0.25, 0.3) is 0 Å². The highest BCUT2D eigenvalue weighted by Crippen LogP contribution is 2.40. The third-order valence-corrected chi connectivity index (χ3v) is 9.13. The third kappa shape index (κ3) is 3.45. The summed E-state index contributed by atoms with van der Waals surface area (Å²) in [5, 5.41) is 7.12. The van der Waals surface area contributed by atoms with E-state index in [0.29, 0.717) is 0 Å². The molecule has 0 aliphatic carbocycles. The summed E-state index contributed by atoms with van der Waals surface area (Å²) >= 11 is 0. The van der Waals surface area contributed by atoms with Crippen LogP contribution in [0.15, 0.2) is 156 Å². The van der Waals surface area contributed by atoms with Gasteiger partial charge in [-0.3, -0.25) is 4.57 Å². The van der Waals surface area contributed by atoms with Gasteiger partial charge in [0.15, 0.2) is 0 Å². The molecule has 4 heterocycles. The van der Waals surface area contributed by atoms with E-state index in [1.54, 1.807) is 0 Å². The van der Waals surface area contributed by atoms with Crippen LogP contribution in [-0.4, -0.2) is 14.1 Å². The van der Waals surface area contributed by atoms with E-state index in [-0.39, 0.29) is 0 Å². The first kappa shape index (κ1) is 24.3. The second-order valence-corrected chi connectivity index (χ2v) is 11.6. The maximum absolute atomic E-state index is 6.29. The number of aromatic nitrogens is 3. The van der Waals surface area contributed by atoms with Crippen LogP contribution < -0.4 is 0 Å². The molecule has 0 saturated carbocycles. The molecular formula is C41H25N3O. The van der Waals surface area contributed by atoms with Crippen LogP contribution in [0.2, 0.25) is 0 Å². The van der Waals surface area contributed by atoms with Gasteiger partial charge in [0.2, 0.25) is 0 Å². The first-order valence-electron chi connectivity index (χ1n) is 15.2. The first-order valence-corrected chi connectivity index (χ1v) is 15.2. The largest absolute Gasteiger partial charge is 0.456 e. The van der Waals surface area contributed by atoms with Crippen LogP contribution in [0.4, 0.5) is 0 Å². The lowest BCUT2D eigenvalue weighted by Crippen LogP contribution is -1.98. The van der Waals surface area contributed by atoms with Crippen LogP contribution in [0.3, 0.4) is 0 Å². The Labute approximate surface area is 258 Å². The Hall–Kier alpha value is -6.13. The number of hydrogen-bond donors (Lipinski definition) is 0. The van der Waals surface area contributed by atoms with Crippen LogP contribution in [0.1, 0.15) is 0 Å². The molecule has 4 nitrogen and oxygen atoms in total. The summed E-state index contributed by atoms with van der Waals surface area (Å²) in [6.45, 7) is 0. The zero-order valence-corrected chi connectivity index (χ0v) is 24.2. The molecule has 210 valence electrons. The molecule has 10 rings (SSSR count). The molecule has 0 aliphatic rings. The molecule has 0 N–H and O–H groups in total. The topological polar surface area (TPSA) is 35.9 Å². The van der Waals surface area contributed by atoms with Crippen molar-refractivity contribution in [3.05, 3.63) is 152 Å². The molecule has 0 fully saturated rings. The lowest BCUT2D eigenvalue weighted by Gasteiger charge is -2.11. The summed E-state index contributed by atoms with van der Waals surface area (Å²) in [6.07, 6.45) is 0. The molecule has 6 aromatic carbocycles. The predicted octanol–water partition coefficient (Wildman–Crippen LogP) is 10.8. The average Bonchev–Trinajstić information content (AvgIpc) is 3.76. The highest BCUT2D eigenvalue weighted by atomic mass is 16.3. The van der Waals surface area contributed by atoms with Gasteiger partial charge >= 0.3 is 0 Å². The minimum Gasteiger partial charge on any atom is -0.456 e. The number of furan rings is 1. The molecule has 0 spiro atoms. The molecule has 0 unspecified atom stereocenters. The van der Waals surface area contributed by atoms with Crippen molar-refractivity contribution in [2.24, 2.45) is 0 Å².